The number of nitrogens with zero attached hydrogens (tertiary/aromatic N) is 2. The Morgan fingerprint density at radius 1 is 0.970 bits per heavy atom. The van der Waals surface area contributed by atoms with Gasteiger partial charge in [-0.05, 0) is 61.0 Å². The number of carbonyl (C=O) groups excluding carboxylic acids is 2. The fourth-order valence-electron chi connectivity index (χ4n) is 4.38. The summed E-state index contributed by atoms with van der Waals surface area (Å²) in [4.78, 5) is 33.9. The largest absolute Gasteiger partial charge is 0.504 e. The number of imide groups is 1. The fraction of sp³-hybridized carbons (Fsp3) is 0.200. The van der Waals surface area contributed by atoms with E-state index in [0.717, 1.165) is 4.90 Å². The normalized spacial score (nSPS) is 22.1. The minimum absolute atomic E-state index is 0.0240. The molecule has 2 amide bonds. The zero-order chi connectivity index (χ0) is 23.1. The highest BCUT2D eigenvalue weighted by molar-refractivity contribution is 6.23. The van der Waals surface area contributed by atoms with E-state index < -0.39 is 35.7 Å². The first-order valence-corrected chi connectivity index (χ1v) is 10.6. The monoisotopic (exact) mass is 448 g/mol. The lowest BCUT2D eigenvalue weighted by molar-refractivity contribution is -0.126. The van der Waals surface area contributed by atoms with Crippen LogP contribution in [0.3, 0.4) is 0 Å². The number of hydrogen-bond donors (Lipinski definition) is 1. The van der Waals surface area contributed by atoms with Gasteiger partial charge in [0.15, 0.2) is 17.6 Å². The molecular weight excluding hydrogens is 427 g/mol. The first-order chi connectivity index (χ1) is 16.0. The molecule has 0 unspecified atom stereocenters. The van der Waals surface area contributed by atoms with Crippen LogP contribution in [0.5, 0.6) is 11.5 Å². The molecule has 0 radical (unpaired) electrons. The van der Waals surface area contributed by atoms with E-state index in [1.165, 1.54) is 30.3 Å². The van der Waals surface area contributed by atoms with Crippen molar-refractivity contribution in [3.63, 3.8) is 0 Å². The molecule has 168 valence electrons. The standard InChI is InChI=1S/C25H21FN2O5/c1-2-32-20-14-15(8-13-19(20)29)22-21-23(33-28(22)18-6-4-3-5-7-18)25(31)27(24(21)30)17-11-9-16(26)10-12-17/h3-14,21-23,29H,2H2,1H3/t21-,22+,23+/m1/s1. The summed E-state index contributed by atoms with van der Waals surface area (Å²) >= 11 is 0. The Balaban J connectivity index is 1.59. The summed E-state index contributed by atoms with van der Waals surface area (Å²) in [6.07, 6.45) is -1.04. The van der Waals surface area contributed by atoms with Crippen molar-refractivity contribution in [2.45, 2.75) is 19.1 Å². The second-order valence-corrected chi connectivity index (χ2v) is 7.81. The van der Waals surface area contributed by atoms with Gasteiger partial charge < -0.3 is 9.84 Å². The third kappa shape index (κ3) is 3.48. The number of carbonyl (C=O) groups is 2. The third-order valence-electron chi connectivity index (χ3n) is 5.84. The lowest BCUT2D eigenvalue weighted by Crippen LogP contribution is -2.37. The molecular formula is C25H21FN2O5. The van der Waals surface area contributed by atoms with E-state index in [9.17, 15) is 19.1 Å². The molecule has 2 aliphatic rings. The molecule has 2 aliphatic heterocycles. The molecule has 2 heterocycles. The molecule has 3 aromatic rings. The highest BCUT2D eigenvalue weighted by Gasteiger charge is 2.60. The number of anilines is 2. The van der Waals surface area contributed by atoms with Gasteiger partial charge in [-0.1, -0.05) is 24.3 Å². The Hall–Kier alpha value is -3.91. The van der Waals surface area contributed by atoms with Gasteiger partial charge in [-0.15, -0.1) is 0 Å². The van der Waals surface area contributed by atoms with Crippen LogP contribution in [-0.4, -0.2) is 29.6 Å². The highest BCUT2D eigenvalue weighted by atomic mass is 19.1. The number of aromatic hydroxyl groups is 1. The third-order valence-corrected chi connectivity index (χ3v) is 5.84. The summed E-state index contributed by atoms with van der Waals surface area (Å²) in [5, 5.41) is 11.7. The minimum atomic E-state index is -1.04. The van der Waals surface area contributed by atoms with Crippen LogP contribution in [0.2, 0.25) is 0 Å². The first kappa shape index (κ1) is 21.0. The maximum Gasteiger partial charge on any atom is 0.266 e. The zero-order valence-electron chi connectivity index (χ0n) is 17.7. The second kappa shape index (κ2) is 8.22. The zero-order valence-corrected chi connectivity index (χ0v) is 17.7. The van der Waals surface area contributed by atoms with Crippen molar-refractivity contribution in [1.29, 1.82) is 0 Å². The Morgan fingerprint density at radius 3 is 2.39 bits per heavy atom. The van der Waals surface area contributed by atoms with E-state index in [1.54, 1.807) is 24.1 Å². The molecule has 5 rings (SSSR count). The van der Waals surface area contributed by atoms with Gasteiger partial charge in [0.25, 0.3) is 5.91 Å². The van der Waals surface area contributed by atoms with Crippen LogP contribution in [0.15, 0.2) is 72.8 Å². The van der Waals surface area contributed by atoms with Gasteiger partial charge in [0.1, 0.15) is 11.7 Å². The molecule has 0 bridgehead atoms. The molecule has 2 saturated heterocycles. The van der Waals surface area contributed by atoms with Gasteiger partial charge in [-0.3, -0.25) is 14.4 Å². The quantitative estimate of drug-likeness (QED) is 0.595. The van der Waals surface area contributed by atoms with Crippen LogP contribution >= 0.6 is 0 Å². The molecule has 3 aromatic carbocycles. The van der Waals surface area contributed by atoms with E-state index in [4.69, 9.17) is 9.57 Å². The number of hydroxylamine groups is 1. The molecule has 0 saturated carbocycles. The number of rotatable bonds is 5. The number of fused-ring (bicyclic) bond motifs is 1. The Bertz CT molecular complexity index is 1200. The van der Waals surface area contributed by atoms with Gasteiger partial charge in [0, 0.05) is 0 Å². The summed E-state index contributed by atoms with van der Waals surface area (Å²) in [5.74, 6) is -2.01. The van der Waals surface area contributed by atoms with E-state index in [0.29, 0.717) is 17.9 Å². The van der Waals surface area contributed by atoms with Crippen LogP contribution in [0, 0.1) is 11.7 Å². The summed E-state index contributed by atoms with van der Waals surface area (Å²) < 4.78 is 18.9. The van der Waals surface area contributed by atoms with Crippen molar-refractivity contribution in [1.82, 2.24) is 0 Å². The average Bonchev–Trinajstić information content (AvgIpc) is 3.33. The summed E-state index contributed by atoms with van der Waals surface area (Å²) in [5.41, 5.74) is 1.61. The molecule has 1 N–H and O–H groups in total. The second-order valence-electron chi connectivity index (χ2n) is 7.81. The van der Waals surface area contributed by atoms with Crippen molar-refractivity contribution in [3.05, 3.63) is 84.2 Å². The maximum atomic E-state index is 13.5. The average molecular weight is 448 g/mol. The van der Waals surface area contributed by atoms with Crippen LogP contribution in [-0.2, 0) is 14.4 Å². The number of hydrogen-bond acceptors (Lipinski definition) is 6. The number of halogens is 1. The predicted molar refractivity (Wildman–Crippen MR) is 118 cm³/mol. The number of benzene rings is 3. The Morgan fingerprint density at radius 2 is 1.70 bits per heavy atom. The number of ether oxygens (including phenoxy) is 1. The number of amides is 2. The van der Waals surface area contributed by atoms with Crippen LogP contribution in [0.1, 0.15) is 18.5 Å². The highest BCUT2D eigenvalue weighted by Crippen LogP contribution is 2.48. The van der Waals surface area contributed by atoms with Crippen molar-refractivity contribution in [3.8, 4) is 11.5 Å². The predicted octanol–water partition coefficient (Wildman–Crippen LogP) is 3.98. The maximum absolute atomic E-state index is 13.5. The molecule has 33 heavy (non-hydrogen) atoms. The van der Waals surface area contributed by atoms with Crippen LogP contribution in [0.25, 0.3) is 0 Å². The SMILES string of the molecule is CCOc1cc([C@H]2[C@H]3C(=O)N(c4ccc(F)cc4)C(=O)[C@H]3ON2c2ccccc2)ccc1O. The Labute approximate surface area is 189 Å². The smallest absolute Gasteiger partial charge is 0.266 e. The van der Waals surface area contributed by atoms with Crippen LogP contribution in [0.4, 0.5) is 15.8 Å². The van der Waals surface area contributed by atoms with Gasteiger partial charge in [-0.2, -0.15) is 0 Å². The van der Waals surface area contributed by atoms with Crippen molar-refractivity contribution >= 4 is 23.2 Å². The lowest BCUT2D eigenvalue weighted by Gasteiger charge is -2.29. The molecule has 7 nitrogen and oxygen atoms in total. The molecule has 0 aliphatic carbocycles. The van der Waals surface area contributed by atoms with E-state index in [1.807, 2.05) is 30.3 Å². The molecule has 0 spiro atoms. The molecule has 3 atom stereocenters. The van der Waals surface area contributed by atoms with E-state index in [2.05, 4.69) is 0 Å². The van der Waals surface area contributed by atoms with Crippen molar-refractivity contribution in [2.75, 3.05) is 16.6 Å². The summed E-state index contributed by atoms with van der Waals surface area (Å²) in [6, 6.07) is 18.5. The topological polar surface area (TPSA) is 79.3 Å². The van der Waals surface area contributed by atoms with Crippen molar-refractivity contribution in [2.24, 2.45) is 5.92 Å². The van der Waals surface area contributed by atoms with E-state index in [-0.39, 0.29) is 17.2 Å². The fourth-order valence-corrected chi connectivity index (χ4v) is 4.38. The first-order valence-electron chi connectivity index (χ1n) is 10.6. The van der Waals surface area contributed by atoms with Gasteiger partial charge in [0.2, 0.25) is 5.91 Å². The minimum Gasteiger partial charge on any atom is -0.504 e. The van der Waals surface area contributed by atoms with Crippen LogP contribution < -0.4 is 14.7 Å². The Kier molecular flexibility index (Phi) is 5.22. The number of phenols is 1. The number of para-hydroxylation sites is 1. The lowest BCUT2D eigenvalue weighted by atomic mass is 9.90. The molecule has 0 aromatic heterocycles. The van der Waals surface area contributed by atoms with Gasteiger partial charge in [0.05, 0.1) is 24.0 Å². The van der Waals surface area contributed by atoms with Gasteiger partial charge >= 0.3 is 0 Å². The molecule has 2 fully saturated rings. The molecule has 8 heteroatoms. The van der Waals surface area contributed by atoms with Crippen molar-refractivity contribution < 1.29 is 28.7 Å². The van der Waals surface area contributed by atoms with Gasteiger partial charge in [-0.25, -0.2) is 14.4 Å². The summed E-state index contributed by atoms with van der Waals surface area (Å²) in [6.45, 7) is 2.15. The number of phenolic OH excluding ortho intramolecular Hbond substituents is 1. The summed E-state index contributed by atoms with van der Waals surface area (Å²) in [7, 11) is 0. The van der Waals surface area contributed by atoms with E-state index >= 15 is 0 Å².